The maximum atomic E-state index is 11.4. The van der Waals surface area contributed by atoms with E-state index in [4.69, 9.17) is 16.3 Å². The molecule has 2 aromatic rings. The van der Waals surface area contributed by atoms with E-state index in [2.05, 4.69) is 20.2 Å². The second-order valence-corrected chi connectivity index (χ2v) is 6.14. The minimum Gasteiger partial charge on any atom is -0.495 e. The lowest BCUT2D eigenvalue weighted by Crippen LogP contribution is -2.48. The summed E-state index contributed by atoms with van der Waals surface area (Å²) >= 11 is 6.06. The van der Waals surface area contributed by atoms with Crippen molar-refractivity contribution in [2.24, 2.45) is 0 Å². The van der Waals surface area contributed by atoms with E-state index in [1.165, 1.54) is 0 Å². The van der Waals surface area contributed by atoms with Gasteiger partial charge in [-0.15, -0.1) is 0 Å². The fourth-order valence-electron chi connectivity index (χ4n) is 2.73. The molecule has 132 valence electrons. The van der Waals surface area contributed by atoms with Gasteiger partial charge in [-0.1, -0.05) is 11.6 Å². The van der Waals surface area contributed by atoms with Gasteiger partial charge in [0, 0.05) is 44.3 Å². The van der Waals surface area contributed by atoms with E-state index in [1.807, 2.05) is 11.0 Å². The van der Waals surface area contributed by atoms with Gasteiger partial charge < -0.3 is 19.9 Å². The lowest BCUT2D eigenvalue weighted by molar-refractivity contribution is -0.129. The highest BCUT2D eigenvalue weighted by atomic mass is 35.5. The zero-order chi connectivity index (χ0) is 17.8. The SMILES string of the molecule is COc1ccc(Cl)cc1Nc1nccc(N2CCN(C(C)=O)CC2)n1. The van der Waals surface area contributed by atoms with Crippen LogP contribution in [0, 0.1) is 0 Å². The molecule has 25 heavy (non-hydrogen) atoms. The van der Waals surface area contributed by atoms with Crippen molar-refractivity contribution in [2.45, 2.75) is 6.92 Å². The monoisotopic (exact) mass is 361 g/mol. The molecule has 1 aromatic carbocycles. The topological polar surface area (TPSA) is 70.6 Å². The molecule has 1 aliphatic heterocycles. The maximum Gasteiger partial charge on any atom is 0.229 e. The van der Waals surface area contributed by atoms with Gasteiger partial charge >= 0.3 is 0 Å². The molecule has 0 bridgehead atoms. The Balaban J connectivity index is 1.74. The van der Waals surface area contributed by atoms with Crippen LogP contribution in [0.2, 0.25) is 5.02 Å². The van der Waals surface area contributed by atoms with Crippen LogP contribution in [0.5, 0.6) is 5.75 Å². The first kappa shape index (κ1) is 17.3. The Morgan fingerprint density at radius 1 is 1.24 bits per heavy atom. The average molecular weight is 362 g/mol. The second-order valence-electron chi connectivity index (χ2n) is 5.70. The van der Waals surface area contributed by atoms with E-state index in [0.717, 1.165) is 18.9 Å². The van der Waals surface area contributed by atoms with E-state index in [-0.39, 0.29) is 5.91 Å². The summed E-state index contributed by atoms with van der Waals surface area (Å²) in [6.45, 7) is 4.49. The van der Waals surface area contributed by atoms with Crippen LogP contribution in [-0.4, -0.2) is 54.1 Å². The van der Waals surface area contributed by atoms with Crippen molar-refractivity contribution in [1.82, 2.24) is 14.9 Å². The number of carbonyl (C=O) groups excluding carboxylic acids is 1. The Morgan fingerprint density at radius 3 is 2.68 bits per heavy atom. The lowest BCUT2D eigenvalue weighted by atomic mass is 10.3. The molecule has 1 aromatic heterocycles. The van der Waals surface area contributed by atoms with Crippen molar-refractivity contribution >= 4 is 35.0 Å². The van der Waals surface area contributed by atoms with Crippen LogP contribution >= 0.6 is 11.6 Å². The number of anilines is 3. The van der Waals surface area contributed by atoms with Crippen molar-refractivity contribution in [1.29, 1.82) is 0 Å². The number of amides is 1. The summed E-state index contributed by atoms with van der Waals surface area (Å²) in [5.41, 5.74) is 0.702. The number of nitrogens with zero attached hydrogens (tertiary/aromatic N) is 4. The number of carbonyl (C=O) groups is 1. The van der Waals surface area contributed by atoms with Crippen LogP contribution in [0.25, 0.3) is 0 Å². The van der Waals surface area contributed by atoms with Crippen LogP contribution < -0.4 is 15.0 Å². The normalized spacial score (nSPS) is 14.4. The summed E-state index contributed by atoms with van der Waals surface area (Å²) in [5.74, 6) is 2.06. The molecule has 3 rings (SSSR count). The van der Waals surface area contributed by atoms with Gasteiger partial charge in [0.2, 0.25) is 11.9 Å². The van der Waals surface area contributed by atoms with E-state index in [1.54, 1.807) is 38.4 Å². The Hall–Kier alpha value is -2.54. The molecular weight excluding hydrogens is 342 g/mol. The van der Waals surface area contributed by atoms with Crippen molar-refractivity contribution in [3.8, 4) is 5.75 Å². The van der Waals surface area contributed by atoms with Gasteiger partial charge in [-0.05, 0) is 24.3 Å². The smallest absolute Gasteiger partial charge is 0.229 e. The number of ether oxygens (including phenoxy) is 1. The highest BCUT2D eigenvalue weighted by molar-refractivity contribution is 6.31. The molecule has 0 unspecified atom stereocenters. The number of hydrogen-bond acceptors (Lipinski definition) is 6. The van der Waals surface area contributed by atoms with Gasteiger partial charge in [-0.3, -0.25) is 4.79 Å². The molecule has 1 saturated heterocycles. The van der Waals surface area contributed by atoms with Gasteiger partial charge in [0.15, 0.2) is 0 Å². The number of halogens is 1. The molecule has 0 radical (unpaired) electrons. The Morgan fingerprint density at radius 2 is 2.00 bits per heavy atom. The molecule has 1 fully saturated rings. The average Bonchev–Trinajstić information content (AvgIpc) is 2.62. The maximum absolute atomic E-state index is 11.4. The molecule has 0 saturated carbocycles. The first-order valence-electron chi connectivity index (χ1n) is 8.01. The first-order valence-corrected chi connectivity index (χ1v) is 8.38. The van der Waals surface area contributed by atoms with Crippen LogP contribution in [-0.2, 0) is 4.79 Å². The number of methoxy groups -OCH3 is 1. The summed E-state index contributed by atoms with van der Waals surface area (Å²) in [5, 5.41) is 3.74. The quantitative estimate of drug-likeness (QED) is 0.902. The Kier molecular flexibility index (Phi) is 5.23. The third kappa shape index (κ3) is 4.11. The van der Waals surface area contributed by atoms with E-state index >= 15 is 0 Å². The molecule has 8 heteroatoms. The molecule has 7 nitrogen and oxygen atoms in total. The minimum atomic E-state index is 0.109. The van der Waals surface area contributed by atoms with Gasteiger partial charge in [-0.25, -0.2) is 4.98 Å². The van der Waals surface area contributed by atoms with Crippen LogP contribution in [0.3, 0.4) is 0 Å². The molecule has 0 spiro atoms. The van der Waals surface area contributed by atoms with Gasteiger partial charge in [0.05, 0.1) is 12.8 Å². The summed E-state index contributed by atoms with van der Waals surface area (Å²) in [6.07, 6.45) is 1.71. The van der Waals surface area contributed by atoms with Crippen LogP contribution in [0.1, 0.15) is 6.92 Å². The second kappa shape index (κ2) is 7.57. The van der Waals surface area contributed by atoms with Crippen molar-refractivity contribution in [3.05, 3.63) is 35.5 Å². The van der Waals surface area contributed by atoms with Crippen molar-refractivity contribution in [3.63, 3.8) is 0 Å². The highest BCUT2D eigenvalue weighted by Gasteiger charge is 2.20. The number of nitrogens with one attached hydrogen (secondary N) is 1. The zero-order valence-electron chi connectivity index (χ0n) is 14.2. The molecular formula is C17H20ClN5O2. The van der Waals surface area contributed by atoms with Gasteiger partial charge in [0.1, 0.15) is 11.6 Å². The third-order valence-corrected chi connectivity index (χ3v) is 4.33. The molecule has 1 aliphatic rings. The summed E-state index contributed by atoms with van der Waals surface area (Å²) in [4.78, 5) is 24.3. The largest absolute Gasteiger partial charge is 0.495 e. The fraction of sp³-hybridized carbons (Fsp3) is 0.353. The van der Waals surface area contributed by atoms with E-state index < -0.39 is 0 Å². The zero-order valence-corrected chi connectivity index (χ0v) is 15.0. The molecule has 0 atom stereocenters. The number of piperazine rings is 1. The fourth-order valence-corrected chi connectivity index (χ4v) is 2.91. The first-order chi connectivity index (χ1) is 12.1. The van der Waals surface area contributed by atoms with Crippen LogP contribution in [0.15, 0.2) is 30.5 Å². The molecule has 1 N–H and O–H groups in total. The standard InChI is InChI=1S/C17H20ClN5O2/c1-12(24)22-7-9-23(10-8-22)16-5-6-19-17(21-16)20-14-11-13(18)3-4-15(14)25-2/h3-6,11H,7-10H2,1-2H3,(H,19,20,21). The lowest BCUT2D eigenvalue weighted by Gasteiger charge is -2.34. The summed E-state index contributed by atoms with van der Waals surface area (Å²) in [7, 11) is 1.60. The Bertz CT molecular complexity index is 762. The number of aromatic nitrogens is 2. The third-order valence-electron chi connectivity index (χ3n) is 4.10. The minimum absolute atomic E-state index is 0.109. The molecule has 1 amide bonds. The van der Waals surface area contributed by atoms with Gasteiger partial charge in [0.25, 0.3) is 0 Å². The van der Waals surface area contributed by atoms with Crippen LogP contribution in [0.4, 0.5) is 17.5 Å². The number of benzene rings is 1. The van der Waals surface area contributed by atoms with Crippen molar-refractivity contribution < 1.29 is 9.53 Å². The predicted octanol–water partition coefficient (Wildman–Crippen LogP) is 2.55. The molecule has 2 heterocycles. The Labute approximate surface area is 151 Å². The molecule has 0 aliphatic carbocycles. The van der Waals surface area contributed by atoms with Crippen molar-refractivity contribution in [2.75, 3.05) is 43.5 Å². The van der Waals surface area contributed by atoms with Gasteiger partial charge in [-0.2, -0.15) is 4.98 Å². The predicted molar refractivity (Wildman–Crippen MR) is 97.8 cm³/mol. The summed E-state index contributed by atoms with van der Waals surface area (Å²) < 4.78 is 5.33. The highest BCUT2D eigenvalue weighted by Crippen LogP contribution is 2.29. The van der Waals surface area contributed by atoms with E-state index in [0.29, 0.717) is 35.5 Å². The number of rotatable bonds is 4. The summed E-state index contributed by atoms with van der Waals surface area (Å²) in [6, 6.07) is 7.18. The number of hydrogen-bond donors (Lipinski definition) is 1. The van der Waals surface area contributed by atoms with E-state index in [9.17, 15) is 4.79 Å².